The molecule has 0 radical (unpaired) electrons. The number of terminal acetylenes is 1. The summed E-state index contributed by atoms with van der Waals surface area (Å²) in [6.45, 7) is 2.12. The van der Waals surface area contributed by atoms with Crippen LogP contribution >= 0.6 is 0 Å². The number of aromatic nitrogens is 1. The molecule has 0 saturated carbocycles. The molecule has 1 unspecified atom stereocenters. The Balaban J connectivity index is 2.53. The largest absolute Gasteiger partial charge is 0.371 e. The van der Waals surface area contributed by atoms with Crippen molar-refractivity contribution in [3.05, 3.63) is 24.5 Å². The van der Waals surface area contributed by atoms with E-state index in [0.29, 0.717) is 0 Å². The molecule has 0 fully saturated rings. The predicted molar refractivity (Wildman–Crippen MR) is 55.4 cm³/mol. The van der Waals surface area contributed by atoms with Crippen LogP contribution in [0.5, 0.6) is 0 Å². The SMILES string of the molecule is C#CC(CCC)Nc1ccncc1. The summed E-state index contributed by atoms with van der Waals surface area (Å²) in [6.07, 6.45) is 11.0. The van der Waals surface area contributed by atoms with Gasteiger partial charge in [0.15, 0.2) is 0 Å². The molecule has 1 aromatic heterocycles. The van der Waals surface area contributed by atoms with Crippen LogP contribution in [0.15, 0.2) is 24.5 Å². The second-order valence-electron chi connectivity index (χ2n) is 2.89. The second kappa shape index (κ2) is 5.21. The first-order chi connectivity index (χ1) is 6.36. The first-order valence-corrected chi connectivity index (χ1v) is 4.49. The van der Waals surface area contributed by atoms with Gasteiger partial charge in [0.1, 0.15) is 0 Å². The minimum atomic E-state index is 0.132. The zero-order chi connectivity index (χ0) is 9.52. The molecular formula is C11H14N2. The van der Waals surface area contributed by atoms with Crippen LogP contribution in [0.4, 0.5) is 5.69 Å². The van der Waals surface area contributed by atoms with Gasteiger partial charge in [0.05, 0.1) is 6.04 Å². The first kappa shape index (κ1) is 9.60. The molecule has 0 spiro atoms. The van der Waals surface area contributed by atoms with Crippen LogP contribution in [0, 0.1) is 12.3 Å². The van der Waals surface area contributed by atoms with E-state index >= 15 is 0 Å². The van der Waals surface area contributed by atoms with Crippen LogP contribution in [-0.2, 0) is 0 Å². The minimum absolute atomic E-state index is 0.132. The summed E-state index contributed by atoms with van der Waals surface area (Å²) in [5.74, 6) is 2.72. The van der Waals surface area contributed by atoms with Crippen LogP contribution in [0.25, 0.3) is 0 Å². The van der Waals surface area contributed by atoms with E-state index in [1.807, 2.05) is 12.1 Å². The summed E-state index contributed by atoms with van der Waals surface area (Å²) in [5, 5.41) is 3.25. The summed E-state index contributed by atoms with van der Waals surface area (Å²) in [5.41, 5.74) is 1.03. The number of anilines is 1. The summed E-state index contributed by atoms with van der Waals surface area (Å²) < 4.78 is 0. The van der Waals surface area contributed by atoms with E-state index in [2.05, 4.69) is 23.1 Å². The number of rotatable bonds is 4. The van der Waals surface area contributed by atoms with Crippen molar-refractivity contribution in [1.29, 1.82) is 0 Å². The number of nitrogens with one attached hydrogen (secondary N) is 1. The summed E-state index contributed by atoms with van der Waals surface area (Å²) in [6, 6.07) is 3.97. The lowest BCUT2D eigenvalue weighted by molar-refractivity contribution is 0.756. The lowest BCUT2D eigenvalue weighted by Gasteiger charge is -2.12. The van der Waals surface area contributed by atoms with Crippen molar-refractivity contribution < 1.29 is 0 Å². The molecular weight excluding hydrogens is 160 g/mol. The van der Waals surface area contributed by atoms with Gasteiger partial charge in [-0.15, -0.1) is 6.42 Å². The molecule has 68 valence electrons. The quantitative estimate of drug-likeness (QED) is 0.708. The van der Waals surface area contributed by atoms with Crippen molar-refractivity contribution in [3.8, 4) is 12.3 Å². The van der Waals surface area contributed by atoms with Gasteiger partial charge in [-0.05, 0) is 18.6 Å². The summed E-state index contributed by atoms with van der Waals surface area (Å²) in [7, 11) is 0. The third-order valence-corrected chi connectivity index (χ3v) is 1.80. The Morgan fingerprint density at radius 2 is 2.23 bits per heavy atom. The molecule has 1 aromatic rings. The lowest BCUT2D eigenvalue weighted by atomic mass is 10.2. The fraction of sp³-hybridized carbons (Fsp3) is 0.364. The van der Waals surface area contributed by atoms with E-state index in [9.17, 15) is 0 Å². The van der Waals surface area contributed by atoms with Gasteiger partial charge in [-0.2, -0.15) is 0 Å². The zero-order valence-electron chi connectivity index (χ0n) is 7.83. The monoisotopic (exact) mass is 174 g/mol. The second-order valence-corrected chi connectivity index (χ2v) is 2.89. The maximum atomic E-state index is 5.38. The van der Waals surface area contributed by atoms with E-state index in [-0.39, 0.29) is 6.04 Å². The third kappa shape index (κ3) is 3.16. The lowest BCUT2D eigenvalue weighted by Crippen LogP contribution is -2.16. The topological polar surface area (TPSA) is 24.9 Å². The Kier molecular flexibility index (Phi) is 3.84. The molecule has 0 amide bonds. The number of hydrogen-bond donors (Lipinski definition) is 1. The summed E-state index contributed by atoms with van der Waals surface area (Å²) in [4.78, 5) is 3.93. The Morgan fingerprint density at radius 3 is 2.77 bits per heavy atom. The van der Waals surface area contributed by atoms with Gasteiger partial charge in [0, 0.05) is 18.1 Å². The van der Waals surface area contributed by atoms with E-state index < -0.39 is 0 Å². The van der Waals surface area contributed by atoms with Gasteiger partial charge >= 0.3 is 0 Å². The van der Waals surface area contributed by atoms with Crippen LogP contribution in [0.2, 0.25) is 0 Å². The average Bonchev–Trinajstić information content (AvgIpc) is 2.19. The van der Waals surface area contributed by atoms with Crippen molar-refractivity contribution in [2.24, 2.45) is 0 Å². The van der Waals surface area contributed by atoms with E-state index in [1.54, 1.807) is 12.4 Å². The van der Waals surface area contributed by atoms with Crippen molar-refractivity contribution in [1.82, 2.24) is 4.98 Å². The molecule has 0 saturated heterocycles. The van der Waals surface area contributed by atoms with E-state index in [0.717, 1.165) is 18.5 Å². The maximum Gasteiger partial charge on any atom is 0.0874 e. The van der Waals surface area contributed by atoms with Crippen molar-refractivity contribution in [3.63, 3.8) is 0 Å². The molecule has 0 aromatic carbocycles. The summed E-state index contributed by atoms with van der Waals surface area (Å²) >= 11 is 0. The Labute approximate surface area is 79.4 Å². The fourth-order valence-electron chi connectivity index (χ4n) is 1.14. The minimum Gasteiger partial charge on any atom is -0.371 e. The highest BCUT2D eigenvalue weighted by Gasteiger charge is 2.01. The third-order valence-electron chi connectivity index (χ3n) is 1.80. The van der Waals surface area contributed by atoms with Crippen LogP contribution < -0.4 is 5.32 Å². The van der Waals surface area contributed by atoms with Gasteiger partial charge in [-0.25, -0.2) is 0 Å². The molecule has 2 heteroatoms. The smallest absolute Gasteiger partial charge is 0.0874 e. The van der Waals surface area contributed by atoms with Crippen LogP contribution in [0.3, 0.4) is 0 Å². The molecule has 1 heterocycles. The van der Waals surface area contributed by atoms with Gasteiger partial charge in [-0.1, -0.05) is 19.3 Å². The molecule has 0 aliphatic rings. The molecule has 1 rings (SSSR count). The number of nitrogens with zero attached hydrogens (tertiary/aromatic N) is 1. The van der Waals surface area contributed by atoms with Crippen LogP contribution in [-0.4, -0.2) is 11.0 Å². The Morgan fingerprint density at radius 1 is 1.54 bits per heavy atom. The molecule has 13 heavy (non-hydrogen) atoms. The standard InChI is InChI=1S/C11H14N2/c1-3-5-10(4-2)13-11-6-8-12-9-7-11/h2,6-10H,3,5H2,1H3,(H,12,13). The zero-order valence-corrected chi connectivity index (χ0v) is 7.83. The molecule has 1 N–H and O–H groups in total. The van der Waals surface area contributed by atoms with Crippen molar-refractivity contribution >= 4 is 5.69 Å². The van der Waals surface area contributed by atoms with E-state index in [1.165, 1.54) is 0 Å². The Hall–Kier alpha value is -1.49. The fourth-order valence-corrected chi connectivity index (χ4v) is 1.14. The first-order valence-electron chi connectivity index (χ1n) is 4.49. The normalized spacial score (nSPS) is 11.7. The van der Waals surface area contributed by atoms with Gasteiger partial charge in [-0.3, -0.25) is 4.98 Å². The van der Waals surface area contributed by atoms with Gasteiger partial charge in [0.2, 0.25) is 0 Å². The van der Waals surface area contributed by atoms with Gasteiger partial charge < -0.3 is 5.32 Å². The highest BCUT2D eigenvalue weighted by atomic mass is 14.9. The van der Waals surface area contributed by atoms with Crippen LogP contribution in [0.1, 0.15) is 19.8 Å². The molecule has 0 aliphatic carbocycles. The maximum absolute atomic E-state index is 5.38. The van der Waals surface area contributed by atoms with E-state index in [4.69, 9.17) is 6.42 Å². The molecule has 1 atom stereocenters. The molecule has 2 nitrogen and oxygen atoms in total. The van der Waals surface area contributed by atoms with Crippen molar-refractivity contribution in [2.45, 2.75) is 25.8 Å². The predicted octanol–water partition coefficient (Wildman–Crippen LogP) is 2.30. The van der Waals surface area contributed by atoms with Gasteiger partial charge in [0.25, 0.3) is 0 Å². The number of pyridine rings is 1. The Bertz CT molecular complexity index is 274. The highest BCUT2D eigenvalue weighted by molar-refractivity contribution is 5.43. The molecule has 0 bridgehead atoms. The molecule has 0 aliphatic heterocycles. The number of hydrogen-bond acceptors (Lipinski definition) is 2. The highest BCUT2D eigenvalue weighted by Crippen LogP contribution is 2.08. The average molecular weight is 174 g/mol. The van der Waals surface area contributed by atoms with Crippen molar-refractivity contribution in [2.75, 3.05) is 5.32 Å².